The molecule has 0 bridgehead atoms. The molecule has 4 rings (SSSR count). The van der Waals surface area contributed by atoms with Gasteiger partial charge in [-0.25, -0.2) is 0 Å². The molecule has 0 aliphatic carbocycles. The lowest BCUT2D eigenvalue weighted by atomic mass is 10.0. The topological polar surface area (TPSA) is 40.7 Å². The number of rotatable bonds is 3. The van der Waals surface area contributed by atoms with Crippen LogP contribution in [0.25, 0.3) is 22.0 Å². The number of hydrogen-bond donors (Lipinski definition) is 2. The first kappa shape index (κ1) is 12.7. The fraction of sp³-hybridized carbons (Fsp3) is 0. The van der Waals surface area contributed by atoms with Gasteiger partial charge in [-0.1, -0.05) is 36.4 Å². The average molecular weight is 285 g/mol. The fourth-order valence-electron chi connectivity index (χ4n) is 2.71. The number of para-hydroxylation sites is 2. The predicted octanol–water partition coefficient (Wildman–Crippen LogP) is 4.97. The van der Waals surface area contributed by atoms with E-state index in [0.717, 1.165) is 16.9 Å². The zero-order valence-electron chi connectivity index (χ0n) is 12.0. The Bertz CT molecular complexity index is 910. The third-order valence-corrected chi connectivity index (χ3v) is 3.77. The van der Waals surface area contributed by atoms with Crippen molar-refractivity contribution in [3.05, 3.63) is 79.3 Å². The lowest BCUT2D eigenvalue weighted by Gasteiger charge is -2.11. The Kier molecular flexibility index (Phi) is 3.09. The van der Waals surface area contributed by atoms with Gasteiger partial charge in [-0.15, -0.1) is 0 Å². The molecule has 0 aliphatic heterocycles. The largest absolute Gasteiger partial charge is 0.361 e. The molecule has 3 nitrogen and oxygen atoms in total. The molecule has 2 N–H and O–H groups in total. The SMILES string of the molecule is c1ccc(-c2c[nH]c3ccccc23)c(Nc2ccncc2)c1. The molecule has 22 heavy (non-hydrogen) atoms. The Morgan fingerprint density at radius 1 is 0.773 bits per heavy atom. The standard InChI is InChI=1S/C19H15N3/c1-3-7-18-15(5-1)17(13-21-18)16-6-2-4-8-19(16)22-14-9-11-20-12-10-14/h1-13,21H,(H,20,22). The van der Waals surface area contributed by atoms with Crippen LogP contribution in [0, 0.1) is 0 Å². The number of aromatic nitrogens is 2. The highest BCUT2D eigenvalue weighted by molar-refractivity contribution is 5.99. The number of nitrogens with zero attached hydrogens (tertiary/aromatic N) is 1. The number of H-pyrrole nitrogens is 1. The van der Waals surface area contributed by atoms with Gasteiger partial charge in [0.1, 0.15) is 0 Å². The number of nitrogens with one attached hydrogen (secondary N) is 2. The summed E-state index contributed by atoms with van der Waals surface area (Å²) in [5.41, 5.74) is 5.64. The number of hydrogen-bond acceptors (Lipinski definition) is 2. The van der Waals surface area contributed by atoms with E-state index in [1.165, 1.54) is 16.5 Å². The molecular formula is C19H15N3. The van der Waals surface area contributed by atoms with Crippen LogP contribution in [-0.2, 0) is 0 Å². The summed E-state index contributed by atoms with van der Waals surface area (Å²) < 4.78 is 0. The molecule has 2 heterocycles. The van der Waals surface area contributed by atoms with Crippen LogP contribution in [0.5, 0.6) is 0 Å². The van der Waals surface area contributed by atoms with Gasteiger partial charge in [-0.2, -0.15) is 0 Å². The van der Waals surface area contributed by atoms with Crippen LogP contribution >= 0.6 is 0 Å². The summed E-state index contributed by atoms with van der Waals surface area (Å²) in [5.74, 6) is 0. The zero-order valence-corrected chi connectivity index (χ0v) is 12.0. The molecule has 4 aromatic rings. The van der Waals surface area contributed by atoms with Gasteiger partial charge in [-0.3, -0.25) is 4.98 Å². The normalized spacial score (nSPS) is 10.7. The predicted molar refractivity (Wildman–Crippen MR) is 91.3 cm³/mol. The number of pyridine rings is 1. The minimum Gasteiger partial charge on any atom is -0.361 e. The molecule has 0 fully saturated rings. The monoisotopic (exact) mass is 285 g/mol. The lowest BCUT2D eigenvalue weighted by molar-refractivity contribution is 1.32. The van der Waals surface area contributed by atoms with Gasteiger partial charge in [0.15, 0.2) is 0 Å². The summed E-state index contributed by atoms with van der Waals surface area (Å²) in [7, 11) is 0. The fourth-order valence-corrected chi connectivity index (χ4v) is 2.71. The molecule has 0 unspecified atom stereocenters. The Morgan fingerprint density at radius 3 is 2.45 bits per heavy atom. The van der Waals surface area contributed by atoms with Crippen molar-refractivity contribution in [2.45, 2.75) is 0 Å². The van der Waals surface area contributed by atoms with Gasteiger partial charge >= 0.3 is 0 Å². The summed E-state index contributed by atoms with van der Waals surface area (Å²) in [6.07, 6.45) is 5.64. The van der Waals surface area contributed by atoms with Crippen molar-refractivity contribution in [1.29, 1.82) is 0 Å². The summed E-state index contributed by atoms with van der Waals surface area (Å²) >= 11 is 0. The van der Waals surface area contributed by atoms with Crippen LogP contribution in [0.1, 0.15) is 0 Å². The highest BCUT2D eigenvalue weighted by atomic mass is 14.9. The maximum Gasteiger partial charge on any atom is 0.0464 e. The van der Waals surface area contributed by atoms with Crippen molar-refractivity contribution in [3.63, 3.8) is 0 Å². The first-order chi connectivity index (χ1) is 10.9. The van der Waals surface area contributed by atoms with Crippen LogP contribution in [0.3, 0.4) is 0 Å². The van der Waals surface area contributed by atoms with Crippen LogP contribution in [0.4, 0.5) is 11.4 Å². The van der Waals surface area contributed by atoms with E-state index < -0.39 is 0 Å². The van der Waals surface area contributed by atoms with E-state index in [1.54, 1.807) is 12.4 Å². The van der Waals surface area contributed by atoms with E-state index in [9.17, 15) is 0 Å². The molecule has 0 atom stereocenters. The maximum absolute atomic E-state index is 4.06. The molecule has 0 saturated carbocycles. The molecular weight excluding hydrogens is 270 g/mol. The van der Waals surface area contributed by atoms with Gasteiger partial charge in [0.05, 0.1) is 0 Å². The van der Waals surface area contributed by atoms with E-state index in [4.69, 9.17) is 0 Å². The van der Waals surface area contributed by atoms with Crippen LogP contribution in [0.2, 0.25) is 0 Å². The molecule has 0 radical (unpaired) electrons. The second-order valence-corrected chi connectivity index (χ2v) is 5.15. The maximum atomic E-state index is 4.06. The van der Waals surface area contributed by atoms with Crippen molar-refractivity contribution < 1.29 is 0 Å². The third kappa shape index (κ3) is 2.23. The van der Waals surface area contributed by atoms with Crippen molar-refractivity contribution in [1.82, 2.24) is 9.97 Å². The third-order valence-electron chi connectivity index (χ3n) is 3.77. The highest BCUT2D eigenvalue weighted by Crippen LogP contribution is 2.34. The first-order valence-electron chi connectivity index (χ1n) is 7.24. The second kappa shape index (κ2) is 5.37. The quantitative estimate of drug-likeness (QED) is 0.557. The molecule has 0 spiro atoms. The van der Waals surface area contributed by atoms with Crippen molar-refractivity contribution in [3.8, 4) is 11.1 Å². The van der Waals surface area contributed by atoms with Gasteiger partial charge in [0, 0.05) is 52.0 Å². The highest BCUT2D eigenvalue weighted by Gasteiger charge is 2.09. The van der Waals surface area contributed by atoms with E-state index in [2.05, 4.69) is 57.9 Å². The summed E-state index contributed by atoms with van der Waals surface area (Å²) in [4.78, 5) is 7.40. The van der Waals surface area contributed by atoms with Crippen molar-refractivity contribution in [2.75, 3.05) is 5.32 Å². The summed E-state index contributed by atoms with van der Waals surface area (Å²) in [6, 6.07) is 20.6. The van der Waals surface area contributed by atoms with Crippen LogP contribution in [-0.4, -0.2) is 9.97 Å². The van der Waals surface area contributed by atoms with Gasteiger partial charge < -0.3 is 10.3 Å². The molecule has 106 valence electrons. The zero-order chi connectivity index (χ0) is 14.8. The van der Waals surface area contributed by atoms with Gasteiger partial charge in [0.2, 0.25) is 0 Å². The van der Waals surface area contributed by atoms with Crippen molar-refractivity contribution in [2.24, 2.45) is 0 Å². The Labute approximate surface area is 128 Å². The molecule has 0 saturated heterocycles. The summed E-state index contributed by atoms with van der Waals surface area (Å²) in [5, 5.41) is 4.70. The molecule has 2 aromatic heterocycles. The number of anilines is 2. The van der Waals surface area contributed by atoms with E-state index in [-0.39, 0.29) is 0 Å². The van der Waals surface area contributed by atoms with Gasteiger partial charge in [0.25, 0.3) is 0 Å². The van der Waals surface area contributed by atoms with E-state index in [0.29, 0.717) is 0 Å². The Hall–Kier alpha value is -3.07. The Morgan fingerprint density at radius 2 is 1.55 bits per heavy atom. The first-order valence-corrected chi connectivity index (χ1v) is 7.24. The van der Waals surface area contributed by atoms with E-state index >= 15 is 0 Å². The molecule has 2 aromatic carbocycles. The average Bonchev–Trinajstić information content (AvgIpc) is 3.00. The molecule has 0 amide bonds. The second-order valence-electron chi connectivity index (χ2n) is 5.15. The van der Waals surface area contributed by atoms with Crippen molar-refractivity contribution >= 4 is 22.3 Å². The minimum atomic E-state index is 1.03. The lowest BCUT2D eigenvalue weighted by Crippen LogP contribution is -1.92. The Balaban J connectivity index is 1.82. The van der Waals surface area contributed by atoms with Crippen LogP contribution in [0.15, 0.2) is 79.3 Å². The number of aromatic amines is 1. The van der Waals surface area contributed by atoms with Crippen LogP contribution < -0.4 is 5.32 Å². The minimum absolute atomic E-state index is 1.03. The van der Waals surface area contributed by atoms with Gasteiger partial charge in [-0.05, 0) is 24.3 Å². The number of benzene rings is 2. The molecule has 0 aliphatic rings. The number of fused-ring (bicyclic) bond motifs is 1. The molecule has 3 heteroatoms. The summed E-state index contributed by atoms with van der Waals surface area (Å²) in [6.45, 7) is 0. The smallest absolute Gasteiger partial charge is 0.0464 e. The van der Waals surface area contributed by atoms with E-state index in [1.807, 2.05) is 24.3 Å².